The molecule has 1 fully saturated rings. The van der Waals surface area contributed by atoms with Gasteiger partial charge in [-0.1, -0.05) is 25.1 Å². The van der Waals surface area contributed by atoms with Crippen molar-refractivity contribution >= 4 is 31.1 Å². The van der Waals surface area contributed by atoms with Gasteiger partial charge in [0.15, 0.2) is 17.8 Å². The van der Waals surface area contributed by atoms with Crippen molar-refractivity contribution in [3.05, 3.63) is 52.8 Å². The zero-order valence-electron chi connectivity index (χ0n) is 19.8. The van der Waals surface area contributed by atoms with E-state index in [1.165, 1.54) is 6.92 Å². The van der Waals surface area contributed by atoms with Crippen molar-refractivity contribution in [3.8, 4) is 5.75 Å². The zero-order valence-corrected chi connectivity index (χ0v) is 21.5. The highest BCUT2D eigenvalue weighted by Gasteiger charge is 2.46. The molecule has 1 aliphatic heterocycles. The van der Waals surface area contributed by atoms with Gasteiger partial charge in [0.05, 0.1) is 30.0 Å². The number of carbonyl (C=O) groups excluding carboxylic acids is 1. The van der Waals surface area contributed by atoms with Crippen molar-refractivity contribution in [2.75, 3.05) is 18.5 Å². The molecule has 0 amide bonds. The Balaban J connectivity index is 1.77. The monoisotopic (exact) mass is 547 g/mol. The molecule has 0 bridgehead atoms. The van der Waals surface area contributed by atoms with Crippen molar-refractivity contribution in [2.45, 2.75) is 49.8 Å². The van der Waals surface area contributed by atoms with E-state index in [-0.39, 0.29) is 18.0 Å². The molecule has 14 heteroatoms. The molecule has 0 unspecified atom stereocenters. The minimum absolute atomic E-state index is 0.223. The Hall–Kier alpha value is -2.47. The summed E-state index contributed by atoms with van der Waals surface area (Å²) in [5, 5.41) is 8.11. The van der Waals surface area contributed by atoms with E-state index in [9.17, 15) is 28.0 Å². The molecule has 1 saturated heterocycles. The van der Waals surface area contributed by atoms with Crippen molar-refractivity contribution in [3.63, 3.8) is 0 Å². The number of hydrogen-bond acceptors (Lipinski definition) is 10. The second-order valence-electron chi connectivity index (χ2n) is 8.54. The quantitative estimate of drug-likeness (QED) is 0.336. The van der Waals surface area contributed by atoms with Crippen LogP contribution < -0.4 is 15.9 Å². The molecule has 0 radical (unpaired) electrons. The van der Waals surface area contributed by atoms with E-state index < -0.39 is 66.3 Å². The average Bonchev–Trinajstić information content (AvgIpc) is 3.08. The van der Waals surface area contributed by atoms with E-state index in [1.807, 2.05) is 0 Å². The number of halogens is 2. The van der Waals surface area contributed by atoms with Crippen molar-refractivity contribution in [1.82, 2.24) is 9.55 Å². The number of nitrogens with zero attached hydrogens (tertiary/aromatic N) is 2. The number of alkyl halides is 1. The predicted octanol–water partition coefficient (Wildman–Crippen LogP) is 3.15. The van der Waals surface area contributed by atoms with E-state index >= 15 is 0 Å². The van der Waals surface area contributed by atoms with Gasteiger partial charge in [-0.25, -0.2) is 18.1 Å². The number of aromatic nitrogens is 2. The Morgan fingerprint density at radius 3 is 2.61 bits per heavy atom. The fraction of sp³-hybridized carbons (Fsp3) is 0.500. The topological polar surface area (TPSA) is 143 Å². The lowest BCUT2D eigenvalue weighted by Gasteiger charge is -2.24. The van der Waals surface area contributed by atoms with Crippen molar-refractivity contribution in [2.24, 2.45) is 5.92 Å². The smallest absolute Gasteiger partial charge is 0.380 e. The number of carbonyl (C=O) groups is 1. The van der Waals surface area contributed by atoms with Crippen molar-refractivity contribution in [1.29, 1.82) is 0 Å². The number of aliphatic hydroxyl groups excluding tert-OH is 1. The summed E-state index contributed by atoms with van der Waals surface area (Å²) >= 11 is 0.786. The van der Waals surface area contributed by atoms with Crippen LogP contribution >= 0.6 is 19.4 Å². The number of rotatable bonds is 10. The van der Waals surface area contributed by atoms with Gasteiger partial charge in [-0.3, -0.25) is 13.9 Å². The standard InChI is InChI=1S/C22H28F2N3O7PS/c1-12(2)33-21(29)13(3)11-35(31,34-14-7-5-4-6-8-14)32-10-16-18(28)17(24)20(36-16)27-9-15(23)19(25)26-22(27)30/h4-9,12-13,16-18,20,28H,10-11H2,1-3H3,(H2,25,26,30)/t13-,16-,17+,18-,20-,35+/m1/s1. The first-order chi connectivity index (χ1) is 16.9. The summed E-state index contributed by atoms with van der Waals surface area (Å²) in [5.74, 6) is -2.87. The van der Waals surface area contributed by atoms with Crippen LogP contribution in [0.15, 0.2) is 41.3 Å². The van der Waals surface area contributed by atoms with Crippen LogP contribution in [0.1, 0.15) is 26.1 Å². The predicted molar refractivity (Wildman–Crippen MR) is 130 cm³/mol. The van der Waals surface area contributed by atoms with E-state index in [0.717, 1.165) is 18.0 Å². The largest absolute Gasteiger partial charge is 0.463 e. The Bertz CT molecular complexity index is 1170. The first-order valence-electron chi connectivity index (χ1n) is 11.1. The van der Waals surface area contributed by atoms with Crippen LogP contribution in [0.2, 0.25) is 0 Å². The van der Waals surface area contributed by atoms with Gasteiger partial charge in [0.1, 0.15) is 17.2 Å². The number of thioether (sulfide) groups is 1. The Kier molecular flexibility index (Phi) is 9.15. The minimum Gasteiger partial charge on any atom is -0.463 e. The molecule has 10 nitrogen and oxygen atoms in total. The van der Waals surface area contributed by atoms with Gasteiger partial charge in [0.25, 0.3) is 0 Å². The summed E-state index contributed by atoms with van der Waals surface area (Å²) < 4.78 is 59.5. The number of benzene rings is 1. The highest BCUT2D eigenvalue weighted by atomic mass is 32.2. The number of nitrogens with two attached hydrogens (primary N) is 1. The molecule has 0 spiro atoms. The third-order valence-electron chi connectivity index (χ3n) is 5.18. The van der Waals surface area contributed by atoms with Gasteiger partial charge in [0.2, 0.25) is 0 Å². The summed E-state index contributed by atoms with van der Waals surface area (Å²) in [6.07, 6.45) is -3.62. The molecule has 3 N–H and O–H groups in total. The maximum absolute atomic E-state index is 14.9. The number of para-hydroxylation sites is 1. The fourth-order valence-electron chi connectivity index (χ4n) is 3.41. The molecule has 1 aliphatic rings. The number of anilines is 1. The maximum Gasteiger partial charge on any atom is 0.380 e. The highest BCUT2D eigenvalue weighted by molar-refractivity contribution is 8.00. The lowest BCUT2D eigenvalue weighted by atomic mass is 10.1. The first kappa shape index (κ1) is 28.1. The van der Waals surface area contributed by atoms with Crippen LogP contribution in [-0.4, -0.2) is 57.0 Å². The summed E-state index contributed by atoms with van der Waals surface area (Å²) in [7, 11) is -4.01. The van der Waals surface area contributed by atoms with Gasteiger partial charge in [-0.2, -0.15) is 4.98 Å². The number of hydrogen-bond donors (Lipinski definition) is 2. The lowest BCUT2D eigenvalue weighted by molar-refractivity contribution is -0.151. The number of ether oxygens (including phenoxy) is 1. The van der Waals surface area contributed by atoms with Crippen LogP contribution in [-0.2, 0) is 18.6 Å². The molecule has 0 aliphatic carbocycles. The van der Waals surface area contributed by atoms with Gasteiger partial charge >= 0.3 is 19.3 Å². The Morgan fingerprint density at radius 1 is 1.31 bits per heavy atom. The molecule has 1 aromatic carbocycles. The van der Waals surface area contributed by atoms with E-state index in [4.69, 9.17) is 19.5 Å². The van der Waals surface area contributed by atoms with Crippen molar-refractivity contribution < 1.29 is 37.0 Å². The summed E-state index contributed by atoms with van der Waals surface area (Å²) in [4.78, 5) is 27.7. The van der Waals surface area contributed by atoms with Crippen LogP contribution in [0.5, 0.6) is 5.75 Å². The molecule has 2 aromatic rings. The first-order valence-corrected chi connectivity index (χ1v) is 13.8. The van der Waals surface area contributed by atoms with Gasteiger partial charge in [-0.05, 0) is 26.0 Å². The van der Waals surface area contributed by atoms with E-state index in [1.54, 1.807) is 44.2 Å². The molecule has 198 valence electrons. The number of aliphatic hydroxyl groups is 1. The van der Waals surface area contributed by atoms with Crippen LogP contribution in [0.25, 0.3) is 0 Å². The summed E-state index contributed by atoms with van der Waals surface area (Å²) in [5.41, 5.74) is 4.29. The maximum atomic E-state index is 14.9. The molecule has 6 atom stereocenters. The van der Waals surface area contributed by atoms with Gasteiger partial charge in [0, 0.05) is 6.20 Å². The average molecular weight is 548 g/mol. The molecule has 0 saturated carbocycles. The molecular weight excluding hydrogens is 519 g/mol. The normalized spacial score (nSPS) is 24.3. The fourth-order valence-corrected chi connectivity index (χ4v) is 6.80. The molecule has 1 aromatic heterocycles. The summed E-state index contributed by atoms with van der Waals surface area (Å²) in [6.45, 7) is 4.42. The minimum atomic E-state index is -4.01. The van der Waals surface area contributed by atoms with Crippen LogP contribution in [0.4, 0.5) is 14.6 Å². The highest BCUT2D eigenvalue weighted by Crippen LogP contribution is 2.52. The molecule has 3 rings (SSSR count). The Labute approximate surface area is 210 Å². The lowest BCUT2D eigenvalue weighted by Crippen LogP contribution is -2.34. The molecule has 36 heavy (non-hydrogen) atoms. The van der Waals surface area contributed by atoms with Gasteiger partial charge < -0.3 is 20.1 Å². The van der Waals surface area contributed by atoms with E-state index in [2.05, 4.69) is 4.98 Å². The molecule has 2 heterocycles. The third-order valence-corrected chi connectivity index (χ3v) is 8.73. The number of nitrogen functional groups attached to an aromatic ring is 1. The summed E-state index contributed by atoms with van der Waals surface area (Å²) in [6, 6.07) is 8.14. The second kappa shape index (κ2) is 11.7. The van der Waals surface area contributed by atoms with Gasteiger partial charge in [-0.15, -0.1) is 11.8 Å². The van der Waals surface area contributed by atoms with Crippen LogP contribution in [0, 0.1) is 11.7 Å². The third kappa shape index (κ3) is 6.84. The number of esters is 1. The van der Waals surface area contributed by atoms with Crippen LogP contribution in [0.3, 0.4) is 0 Å². The SMILES string of the molecule is CC(C)OC(=O)[C@H](C)C[P@](=O)(OC[C@H]1S[C@@H](n2cc(F)c(N)nc2=O)[C@@H](F)[C@@H]1O)Oc1ccccc1. The second-order valence-corrected chi connectivity index (χ2v) is 11.9. The van der Waals surface area contributed by atoms with E-state index in [0.29, 0.717) is 4.57 Å². The molecular formula is C22H28F2N3O7PS. The Morgan fingerprint density at radius 2 is 1.97 bits per heavy atom. The zero-order chi connectivity index (χ0) is 26.6.